The maximum Gasteiger partial charge on any atom is 0.416 e. The zero-order chi connectivity index (χ0) is 26.8. The Bertz CT molecular complexity index is 1100. The van der Waals surface area contributed by atoms with Crippen LogP contribution in [0, 0.1) is 0 Å². The van der Waals surface area contributed by atoms with Crippen LogP contribution in [0.25, 0.3) is 0 Å². The van der Waals surface area contributed by atoms with E-state index in [4.69, 9.17) is 4.99 Å². The van der Waals surface area contributed by atoms with Crippen LogP contribution in [-0.2, 0) is 23.7 Å². The highest BCUT2D eigenvalue weighted by molar-refractivity contribution is 8.14. The molecule has 4 nitrogen and oxygen atoms in total. The second-order valence-corrected chi connectivity index (χ2v) is 10.2. The van der Waals surface area contributed by atoms with Crippen LogP contribution in [0.4, 0.5) is 32.0 Å². The van der Waals surface area contributed by atoms with Gasteiger partial charge in [-0.1, -0.05) is 61.4 Å². The SMILES string of the molecule is CC(=O)N(c1cc(C(F)(F)F)cc(C(F)(F)F)c1)C1CSC(=NC2CCCCC2)N1Cc1ccccc1.Cl. The number of rotatable bonds is 5. The number of hydrogen-bond acceptors (Lipinski definition) is 3. The molecule has 2 fully saturated rings. The summed E-state index contributed by atoms with van der Waals surface area (Å²) in [4.78, 5) is 20.6. The summed E-state index contributed by atoms with van der Waals surface area (Å²) in [6, 6.07) is 10.7. The molecule has 1 aliphatic carbocycles. The van der Waals surface area contributed by atoms with Crippen molar-refractivity contribution >= 4 is 40.9 Å². The van der Waals surface area contributed by atoms with E-state index in [1.54, 1.807) is 0 Å². The third kappa shape index (κ3) is 7.16. The van der Waals surface area contributed by atoms with Crippen molar-refractivity contribution in [3.05, 3.63) is 65.2 Å². The molecule has 0 spiro atoms. The lowest BCUT2D eigenvalue weighted by Gasteiger charge is -2.36. The summed E-state index contributed by atoms with van der Waals surface area (Å²) in [5.74, 6) is -0.398. The normalized spacial score (nSPS) is 19.9. The van der Waals surface area contributed by atoms with E-state index in [0.29, 0.717) is 23.8 Å². The molecule has 1 aliphatic heterocycles. The molecule has 1 amide bonds. The zero-order valence-electron chi connectivity index (χ0n) is 20.6. The Morgan fingerprint density at radius 2 is 1.55 bits per heavy atom. The fourth-order valence-electron chi connectivity index (χ4n) is 4.74. The van der Waals surface area contributed by atoms with Crippen LogP contribution in [-0.4, -0.2) is 33.9 Å². The minimum atomic E-state index is -5.01. The highest BCUT2D eigenvalue weighted by Crippen LogP contribution is 2.40. The molecule has 1 saturated carbocycles. The van der Waals surface area contributed by atoms with Gasteiger partial charge in [-0.05, 0) is 36.6 Å². The first-order valence-corrected chi connectivity index (χ1v) is 13.0. The molecule has 2 aromatic rings. The van der Waals surface area contributed by atoms with Gasteiger partial charge in [-0.2, -0.15) is 26.3 Å². The minimum Gasteiger partial charge on any atom is -0.325 e. The summed E-state index contributed by atoms with van der Waals surface area (Å²) in [7, 11) is 0. The topological polar surface area (TPSA) is 35.9 Å². The quantitative estimate of drug-likeness (QED) is 0.340. The van der Waals surface area contributed by atoms with E-state index >= 15 is 0 Å². The summed E-state index contributed by atoms with van der Waals surface area (Å²) in [5, 5.41) is 0.648. The first kappa shape index (κ1) is 30.1. The predicted molar refractivity (Wildman–Crippen MR) is 139 cm³/mol. The highest BCUT2D eigenvalue weighted by Gasteiger charge is 2.41. The highest BCUT2D eigenvalue weighted by atomic mass is 35.5. The summed E-state index contributed by atoms with van der Waals surface area (Å²) in [5.41, 5.74) is -2.48. The largest absolute Gasteiger partial charge is 0.416 e. The van der Waals surface area contributed by atoms with Gasteiger partial charge in [-0.3, -0.25) is 14.7 Å². The minimum absolute atomic E-state index is 0. The van der Waals surface area contributed by atoms with Crippen molar-refractivity contribution in [2.75, 3.05) is 10.7 Å². The van der Waals surface area contributed by atoms with E-state index in [1.165, 1.54) is 11.8 Å². The molecule has 1 heterocycles. The van der Waals surface area contributed by atoms with Crippen LogP contribution in [0.1, 0.15) is 55.7 Å². The number of alkyl halides is 6. The Morgan fingerprint density at radius 1 is 0.974 bits per heavy atom. The van der Waals surface area contributed by atoms with Gasteiger partial charge in [0.15, 0.2) is 5.17 Å². The van der Waals surface area contributed by atoms with Gasteiger partial charge in [0.25, 0.3) is 0 Å². The maximum absolute atomic E-state index is 13.6. The summed E-state index contributed by atoms with van der Waals surface area (Å²) in [6.07, 6.45) is -5.74. The van der Waals surface area contributed by atoms with Crippen LogP contribution < -0.4 is 4.90 Å². The lowest BCUT2D eigenvalue weighted by molar-refractivity contribution is -0.143. The third-order valence-electron chi connectivity index (χ3n) is 6.52. The van der Waals surface area contributed by atoms with Crippen molar-refractivity contribution < 1.29 is 31.1 Å². The molecule has 2 aliphatic rings. The molecular formula is C26H28ClF6N3OS. The van der Waals surface area contributed by atoms with Crippen LogP contribution in [0.2, 0.25) is 0 Å². The number of benzene rings is 2. The van der Waals surface area contributed by atoms with Crippen molar-refractivity contribution in [2.24, 2.45) is 4.99 Å². The average Bonchev–Trinajstić information content (AvgIpc) is 3.20. The summed E-state index contributed by atoms with van der Waals surface area (Å²) >= 11 is 1.37. The van der Waals surface area contributed by atoms with Crippen LogP contribution in [0.5, 0.6) is 0 Å². The Labute approximate surface area is 227 Å². The Hall–Kier alpha value is -2.40. The number of amides is 1. The monoisotopic (exact) mass is 579 g/mol. The van der Waals surface area contributed by atoms with Crippen molar-refractivity contribution in [1.82, 2.24) is 4.90 Å². The molecule has 1 atom stereocenters. The van der Waals surface area contributed by atoms with Crippen LogP contribution in [0.15, 0.2) is 53.5 Å². The van der Waals surface area contributed by atoms with E-state index in [2.05, 4.69) is 0 Å². The average molecular weight is 580 g/mol. The van der Waals surface area contributed by atoms with Gasteiger partial charge in [0.05, 0.1) is 17.2 Å². The lowest BCUT2D eigenvalue weighted by atomic mass is 9.96. The van der Waals surface area contributed by atoms with E-state index in [1.807, 2.05) is 35.2 Å². The number of carbonyl (C=O) groups is 1. The Balaban J connectivity index is 0.00000400. The van der Waals surface area contributed by atoms with Gasteiger partial charge in [0, 0.05) is 24.9 Å². The number of halogens is 7. The smallest absolute Gasteiger partial charge is 0.325 e. The van der Waals surface area contributed by atoms with E-state index in [0.717, 1.165) is 49.5 Å². The number of thioether (sulfide) groups is 1. The number of anilines is 1. The first-order valence-electron chi connectivity index (χ1n) is 12.0. The van der Waals surface area contributed by atoms with Gasteiger partial charge in [-0.15, -0.1) is 12.4 Å². The second-order valence-electron chi connectivity index (χ2n) is 9.26. The van der Waals surface area contributed by atoms with E-state index < -0.39 is 41.2 Å². The van der Waals surface area contributed by atoms with Crippen LogP contribution in [0.3, 0.4) is 0 Å². The zero-order valence-corrected chi connectivity index (χ0v) is 22.2. The number of nitrogens with zero attached hydrogens (tertiary/aromatic N) is 3. The molecule has 1 unspecified atom stereocenters. The molecule has 38 heavy (non-hydrogen) atoms. The number of hydrogen-bond donors (Lipinski definition) is 0. The summed E-state index contributed by atoms with van der Waals surface area (Å²) < 4.78 is 81.4. The summed E-state index contributed by atoms with van der Waals surface area (Å²) in [6.45, 7) is 1.45. The first-order chi connectivity index (χ1) is 17.4. The molecule has 0 radical (unpaired) electrons. The standard InChI is InChI=1S/C26H27F6N3OS.ClH/c1-17(36)35(22-13-19(25(27,28)29)12-20(14-22)26(30,31)32)23-16-37-24(33-21-10-6-3-7-11-21)34(23)15-18-8-4-2-5-9-18;/h2,4-5,8-9,12-14,21,23H,3,6-7,10-11,15-16H2,1H3;1H. The Morgan fingerprint density at radius 3 is 2.08 bits per heavy atom. The number of carbonyl (C=O) groups excluding carboxylic acids is 1. The second kappa shape index (κ2) is 12.2. The molecule has 2 aromatic carbocycles. The van der Waals surface area contributed by atoms with Gasteiger partial charge in [0.1, 0.15) is 6.17 Å². The molecule has 208 valence electrons. The van der Waals surface area contributed by atoms with Crippen LogP contribution >= 0.6 is 24.2 Å². The van der Waals surface area contributed by atoms with Crippen molar-refractivity contribution in [3.8, 4) is 0 Å². The number of amidine groups is 1. The van der Waals surface area contributed by atoms with Gasteiger partial charge < -0.3 is 4.90 Å². The van der Waals surface area contributed by atoms with Gasteiger partial charge in [-0.25, -0.2) is 0 Å². The van der Waals surface area contributed by atoms with Gasteiger partial charge in [0.2, 0.25) is 5.91 Å². The van der Waals surface area contributed by atoms with E-state index in [-0.39, 0.29) is 30.3 Å². The van der Waals surface area contributed by atoms with Crippen molar-refractivity contribution in [2.45, 2.75) is 70.1 Å². The Kier molecular flexibility index (Phi) is 9.67. The molecule has 0 N–H and O–H groups in total. The predicted octanol–water partition coefficient (Wildman–Crippen LogP) is 7.76. The fourth-order valence-corrected chi connectivity index (χ4v) is 5.94. The van der Waals surface area contributed by atoms with Crippen molar-refractivity contribution in [3.63, 3.8) is 0 Å². The maximum atomic E-state index is 13.6. The molecule has 0 aromatic heterocycles. The molecule has 0 bridgehead atoms. The van der Waals surface area contributed by atoms with Crippen molar-refractivity contribution in [1.29, 1.82) is 0 Å². The lowest BCUT2D eigenvalue weighted by Crippen LogP contribution is -2.49. The molecule has 12 heteroatoms. The fraction of sp³-hybridized carbons (Fsp3) is 0.462. The van der Waals surface area contributed by atoms with Gasteiger partial charge >= 0.3 is 12.4 Å². The van der Waals surface area contributed by atoms with E-state index in [9.17, 15) is 31.1 Å². The third-order valence-corrected chi connectivity index (χ3v) is 7.58. The molecule has 4 rings (SSSR count). The molecule has 1 saturated heterocycles. The molecular weight excluding hydrogens is 552 g/mol. The number of aliphatic imine (C=N–C) groups is 1.